The third-order valence-corrected chi connectivity index (χ3v) is 6.03. The molecule has 4 rings (SSSR count). The first-order valence-corrected chi connectivity index (χ1v) is 11.0. The lowest BCUT2D eigenvalue weighted by Gasteiger charge is -2.26. The second-order valence-corrected chi connectivity index (χ2v) is 8.77. The number of aliphatic hydroxyl groups is 1. The van der Waals surface area contributed by atoms with Crippen molar-refractivity contribution in [2.45, 2.75) is 19.9 Å². The van der Waals surface area contributed by atoms with Crippen molar-refractivity contribution in [3.05, 3.63) is 98.5 Å². The van der Waals surface area contributed by atoms with Crippen LogP contribution in [0.2, 0.25) is 10.0 Å². The van der Waals surface area contributed by atoms with E-state index in [1.165, 1.54) is 4.90 Å². The van der Waals surface area contributed by atoms with Gasteiger partial charge in [0.1, 0.15) is 11.5 Å². The molecule has 1 atom stereocenters. The summed E-state index contributed by atoms with van der Waals surface area (Å²) in [7, 11) is 1.56. The van der Waals surface area contributed by atoms with Gasteiger partial charge < -0.3 is 9.84 Å². The van der Waals surface area contributed by atoms with Crippen LogP contribution in [0.1, 0.15) is 28.3 Å². The number of ketones is 1. The van der Waals surface area contributed by atoms with Gasteiger partial charge in [-0.25, -0.2) is 0 Å². The van der Waals surface area contributed by atoms with Crippen LogP contribution < -0.4 is 9.64 Å². The molecule has 7 heteroatoms. The molecule has 3 aromatic carbocycles. The van der Waals surface area contributed by atoms with Crippen LogP contribution in [0.25, 0.3) is 5.76 Å². The van der Waals surface area contributed by atoms with E-state index in [1.807, 2.05) is 38.1 Å². The third-order valence-electron chi connectivity index (χ3n) is 5.60. The van der Waals surface area contributed by atoms with Gasteiger partial charge in [-0.1, -0.05) is 53.0 Å². The van der Waals surface area contributed by atoms with Crippen molar-refractivity contribution in [3.63, 3.8) is 0 Å². The molecule has 1 saturated heterocycles. The van der Waals surface area contributed by atoms with E-state index in [0.29, 0.717) is 32.6 Å². The average Bonchev–Trinajstić information content (AvgIpc) is 3.03. The van der Waals surface area contributed by atoms with Crippen molar-refractivity contribution >= 4 is 46.3 Å². The van der Waals surface area contributed by atoms with Gasteiger partial charge in [-0.3, -0.25) is 14.5 Å². The number of anilines is 1. The molecule has 0 saturated carbocycles. The fourth-order valence-corrected chi connectivity index (χ4v) is 4.63. The van der Waals surface area contributed by atoms with Gasteiger partial charge in [0.05, 0.1) is 18.7 Å². The molecule has 168 valence electrons. The van der Waals surface area contributed by atoms with Gasteiger partial charge in [0, 0.05) is 21.3 Å². The van der Waals surface area contributed by atoms with Crippen molar-refractivity contribution in [2.75, 3.05) is 12.0 Å². The highest BCUT2D eigenvalue weighted by molar-refractivity contribution is 6.52. The van der Waals surface area contributed by atoms with Gasteiger partial charge in [0.25, 0.3) is 11.7 Å². The Kier molecular flexibility index (Phi) is 6.19. The van der Waals surface area contributed by atoms with Gasteiger partial charge in [0.15, 0.2) is 0 Å². The maximum atomic E-state index is 13.3. The summed E-state index contributed by atoms with van der Waals surface area (Å²) >= 11 is 12.4. The number of hydrogen-bond acceptors (Lipinski definition) is 4. The van der Waals surface area contributed by atoms with Crippen LogP contribution in [0.5, 0.6) is 5.75 Å². The molecule has 0 radical (unpaired) electrons. The summed E-state index contributed by atoms with van der Waals surface area (Å²) in [6.45, 7) is 3.75. The molecule has 1 fully saturated rings. The predicted octanol–water partition coefficient (Wildman–Crippen LogP) is 6.25. The summed E-state index contributed by atoms with van der Waals surface area (Å²) < 4.78 is 5.29. The van der Waals surface area contributed by atoms with Gasteiger partial charge in [0.2, 0.25) is 0 Å². The minimum absolute atomic E-state index is 0.00809. The van der Waals surface area contributed by atoms with Crippen LogP contribution in [-0.2, 0) is 9.59 Å². The SMILES string of the molecule is COc1ccc(/C(O)=C2\C(=O)C(=O)N(c3cc(Cl)cc(Cl)c3)C2c2cccc(C)c2)cc1C. The number of benzene rings is 3. The number of methoxy groups -OCH3 is 1. The number of hydrogen-bond donors (Lipinski definition) is 1. The molecule has 0 aliphatic carbocycles. The molecule has 33 heavy (non-hydrogen) atoms. The van der Waals surface area contributed by atoms with E-state index < -0.39 is 17.7 Å². The molecule has 0 aromatic heterocycles. The highest BCUT2D eigenvalue weighted by Gasteiger charge is 2.47. The molecule has 1 aliphatic heterocycles. The quantitative estimate of drug-likeness (QED) is 0.271. The second-order valence-electron chi connectivity index (χ2n) is 7.90. The number of carbonyl (C=O) groups excluding carboxylic acids is 2. The standard InChI is InChI=1S/C26H21Cl2NO4/c1-14-5-4-6-16(9-14)23-22(24(30)17-7-8-21(33-3)15(2)10-17)25(31)26(32)29(23)20-12-18(27)11-19(28)13-20/h4-13,23,30H,1-3H3/b24-22+. The fourth-order valence-electron chi connectivity index (χ4n) is 4.11. The summed E-state index contributed by atoms with van der Waals surface area (Å²) in [5.41, 5.74) is 3.18. The molecule has 1 heterocycles. The lowest BCUT2D eigenvalue weighted by Crippen LogP contribution is -2.29. The van der Waals surface area contributed by atoms with Crippen molar-refractivity contribution in [1.82, 2.24) is 0 Å². The van der Waals surface area contributed by atoms with Gasteiger partial charge in [-0.15, -0.1) is 0 Å². The van der Waals surface area contributed by atoms with Crippen molar-refractivity contribution < 1.29 is 19.4 Å². The zero-order chi connectivity index (χ0) is 23.9. The zero-order valence-corrected chi connectivity index (χ0v) is 19.7. The smallest absolute Gasteiger partial charge is 0.300 e. The van der Waals surface area contributed by atoms with Crippen molar-refractivity contribution in [3.8, 4) is 5.75 Å². The molecule has 3 aromatic rings. The van der Waals surface area contributed by atoms with E-state index >= 15 is 0 Å². The maximum Gasteiger partial charge on any atom is 0.300 e. The summed E-state index contributed by atoms with van der Waals surface area (Å²) in [5.74, 6) is -1.17. The predicted molar refractivity (Wildman–Crippen MR) is 130 cm³/mol. The first-order chi connectivity index (χ1) is 15.7. The highest BCUT2D eigenvalue weighted by Crippen LogP contribution is 2.43. The Labute approximate surface area is 201 Å². The topological polar surface area (TPSA) is 66.8 Å². The molecule has 1 amide bonds. The van der Waals surface area contributed by atoms with E-state index in [0.717, 1.165) is 11.1 Å². The highest BCUT2D eigenvalue weighted by atomic mass is 35.5. The van der Waals surface area contributed by atoms with E-state index in [4.69, 9.17) is 27.9 Å². The van der Waals surface area contributed by atoms with E-state index in [2.05, 4.69) is 0 Å². The minimum atomic E-state index is -0.859. The second kappa shape index (κ2) is 8.93. The maximum absolute atomic E-state index is 13.3. The summed E-state index contributed by atoms with van der Waals surface area (Å²) in [6.07, 6.45) is 0. The third kappa shape index (κ3) is 4.22. The number of ether oxygens (including phenoxy) is 1. The number of Topliss-reactive ketones (excluding diaryl/α,β-unsaturated/α-hetero) is 1. The fraction of sp³-hybridized carbons (Fsp3) is 0.154. The van der Waals surface area contributed by atoms with Crippen LogP contribution in [0.15, 0.2) is 66.2 Å². The molecule has 1 aliphatic rings. The number of rotatable bonds is 4. The Morgan fingerprint density at radius 3 is 2.27 bits per heavy atom. The number of aryl methyl sites for hydroxylation is 2. The summed E-state index contributed by atoms with van der Waals surface area (Å²) in [4.78, 5) is 27.8. The molecule has 0 bridgehead atoms. The largest absolute Gasteiger partial charge is 0.507 e. The normalized spacial score (nSPS) is 17.5. The van der Waals surface area contributed by atoms with Crippen LogP contribution in [0.4, 0.5) is 5.69 Å². The van der Waals surface area contributed by atoms with Gasteiger partial charge in [-0.2, -0.15) is 0 Å². The van der Waals surface area contributed by atoms with E-state index in [1.54, 1.807) is 43.5 Å². The Bertz CT molecular complexity index is 1300. The van der Waals surface area contributed by atoms with E-state index in [-0.39, 0.29) is 11.3 Å². The molecule has 5 nitrogen and oxygen atoms in total. The Hall–Kier alpha value is -3.28. The lowest BCUT2D eigenvalue weighted by atomic mass is 9.94. The molecule has 1 N–H and O–H groups in total. The summed E-state index contributed by atoms with van der Waals surface area (Å²) in [6, 6.07) is 16.3. The Morgan fingerprint density at radius 2 is 1.67 bits per heavy atom. The molecular weight excluding hydrogens is 461 g/mol. The number of aliphatic hydroxyl groups excluding tert-OH is 1. The first-order valence-electron chi connectivity index (χ1n) is 10.2. The van der Waals surface area contributed by atoms with Crippen molar-refractivity contribution in [1.29, 1.82) is 0 Å². The minimum Gasteiger partial charge on any atom is -0.507 e. The molecule has 1 unspecified atom stereocenters. The average molecular weight is 482 g/mol. The van der Waals surface area contributed by atoms with E-state index in [9.17, 15) is 14.7 Å². The summed E-state index contributed by atoms with van der Waals surface area (Å²) in [5, 5.41) is 11.9. The number of halogens is 2. The zero-order valence-electron chi connectivity index (χ0n) is 18.2. The Balaban J connectivity index is 1.97. The van der Waals surface area contributed by atoms with Crippen LogP contribution in [0.3, 0.4) is 0 Å². The van der Waals surface area contributed by atoms with Crippen LogP contribution in [0, 0.1) is 13.8 Å². The van der Waals surface area contributed by atoms with Crippen LogP contribution in [-0.4, -0.2) is 23.9 Å². The first kappa shape index (κ1) is 22.9. The Morgan fingerprint density at radius 1 is 0.970 bits per heavy atom. The monoisotopic (exact) mass is 481 g/mol. The number of nitrogens with zero attached hydrogens (tertiary/aromatic N) is 1. The molecule has 0 spiro atoms. The number of carbonyl (C=O) groups is 2. The van der Waals surface area contributed by atoms with Gasteiger partial charge in [-0.05, 0) is 61.4 Å². The lowest BCUT2D eigenvalue weighted by molar-refractivity contribution is -0.132. The molecular formula is C26H21Cl2NO4. The van der Waals surface area contributed by atoms with Crippen LogP contribution >= 0.6 is 23.2 Å². The van der Waals surface area contributed by atoms with Crippen molar-refractivity contribution in [2.24, 2.45) is 0 Å². The number of amides is 1. The van der Waals surface area contributed by atoms with Gasteiger partial charge >= 0.3 is 0 Å².